The second kappa shape index (κ2) is 9.01. The number of hydrogen-bond donors (Lipinski definition) is 1. The van der Waals surface area contributed by atoms with Crippen LogP contribution in [0.5, 0.6) is 17.2 Å². The first-order chi connectivity index (χ1) is 18.3. The third-order valence-electron chi connectivity index (χ3n) is 7.35. The van der Waals surface area contributed by atoms with Crippen LogP contribution in [0.2, 0.25) is 0 Å². The second-order valence-electron chi connectivity index (χ2n) is 9.80. The van der Waals surface area contributed by atoms with Crippen molar-refractivity contribution < 1.29 is 37.3 Å². The van der Waals surface area contributed by atoms with E-state index >= 15 is 0 Å². The SMILES string of the molecule is COC(=O)c1cccc([C@H]2C[C@@H](NC(=O)C3C(c4ccc5c(c4)OCO5)C3(F)F)c3ccc(C)cc3O2)c1. The van der Waals surface area contributed by atoms with E-state index in [0.717, 1.165) is 5.56 Å². The Morgan fingerprint density at radius 2 is 1.79 bits per heavy atom. The molecule has 0 aromatic heterocycles. The summed E-state index contributed by atoms with van der Waals surface area (Å²) in [5, 5.41) is 2.87. The van der Waals surface area contributed by atoms with E-state index in [1.807, 2.05) is 31.2 Å². The van der Waals surface area contributed by atoms with Crippen molar-refractivity contribution in [3.63, 3.8) is 0 Å². The van der Waals surface area contributed by atoms with Gasteiger partial charge < -0.3 is 24.3 Å². The molecule has 0 bridgehead atoms. The topological polar surface area (TPSA) is 83.1 Å². The predicted octanol–water partition coefficient (Wildman–Crippen LogP) is 5.24. The molecule has 3 aromatic carbocycles. The summed E-state index contributed by atoms with van der Waals surface area (Å²) in [6.45, 7) is 1.95. The minimum Gasteiger partial charge on any atom is -0.485 e. The van der Waals surface area contributed by atoms with E-state index < -0.39 is 41.8 Å². The number of amides is 1. The highest BCUT2D eigenvalue weighted by Crippen LogP contribution is 2.62. The maximum Gasteiger partial charge on any atom is 0.337 e. The predicted molar refractivity (Wildman–Crippen MR) is 132 cm³/mol. The molecule has 3 aliphatic rings. The minimum atomic E-state index is -3.19. The number of methoxy groups -OCH3 is 1. The van der Waals surface area contributed by atoms with Crippen molar-refractivity contribution in [1.82, 2.24) is 5.32 Å². The first kappa shape index (κ1) is 24.2. The van der Waals surface area contributed by atoms with Gasteiger partial charge in [-0.3, -0.25) is 4.79 Å². The van der Waals surface area contributed by atoms with Crippen LogP contribution in [0.25, 0.3) is 0 Å². The zero-order valence-corrected chi connectivity index (χ0v) is 20.7. The van der Waals surface area contributed by atoms with Gasteiger partial charge in [-0.15, -0.1) is 0 Å². The highest BCUT2D eigenvalue weighted by Gasteiger charge is 2.72. The standard InChI is InChI=1S/C29H25F2NO6/c1-15-6-8-19-20(13-22(38-23(19)10-15)16-4-3-5-18(11-16)28(34)35-2)32-27(33)26-25(29(26,30)31)17-7-9-21-24(12-17)37-14-36-21/h3-12,20,22,25-26H,13-14H2,1-2H3,(H,32,33)/t20-,22-,25?,26?/m1/s1. The average molecular weight is 522 g/mol. The molecule has 1 saturated carbocycles. The van der Waals surface area contributed by atoms with Crippen LogP contribution >= 0.6 is 0 Å². The number of aryl methyl sites for hydroxylation is 1. The van der Waals surface area contributed by atoms with Crippen LogP contribution in [-0.2, 0) is 9.53 Å². The molecule has 2 unspecified atom stereocenters. The molecule has 7 nitrogen and oxygen atoms in total. The van der Waals surface area contributed by atoms with Crippen LogP contribution in [-0.4, -0.2) is 31.7 Å². The Morgan fingerprint density at radius 3 is 2.61 bits per heavy atom. The number of alkyl halides is 2. The summed E-state index contributed by atoms with van der Waals surface area (Å²) in [7, 11) is 1.31. The molecule has 1 N–H and O–H groups in total. The average Bonchev–Trinajstić information content (AvgIpc) is 3.23. The van der Waals surface area contributed by atoms with Gasteiger partial charge in [-0.2, -0.15) is 0 Å². The Morgan fingerprint density at radius 1 is 0.974 bits per heavy atom. The van der Waals surface area contributed by atoms with Gasteiger partial charge in [0.1, 0.15) is 17.8 Å². The summed E-state index contributed by atoms with van der Waals surface area (Å²) in [5.74, 6) is -5.68. The molecule has 38 heavy (non-hydrogen) atoms. The molecule has 0 radical (unpaired) electrons. The molecule has 196 valence electrons. The lowest BCUT2D eigenvalue weighted by Crippen LogP contribution is -2.35. The number of esters is 1. The quantitative estimate of drug-likeness (QED) is 0.463. The lowest BCUT2D eigenvalue weighted by molar-refractivity contribution is -0.125. The van der Waals surface area contributed by atoms with E-state index in [9.17, 15) is 18.4 Å². The number of ether oxygens (including phenoxy) is 4. The van der Waals surface area contributed by atoms with E-state index in [1.165, 1.54) is 13.2 Å². The number of hydrogen-bond acceptors (Lipinski definition) is 6. The third kappa shape index (κ3) is 4.12. The molecular formula is C29H25F2NO6. The maximum absolute atomic E-state index is 14.9. The van der Waals surface area contributed by atoms with Crippen LogP contribution in [0, 0.1) is 12.8 Å². The summed E-state index contributed by atoms with van der Waals surface area (Å²) >= 11 is 0. The number of fused-ring (bicyclic) bond motifs is 2. The number of carbonyl (C=O) groups excluding carboxylic acids is 2. The van der Waals surface area contributed by atoms with Gasteiger partial charge in [0.25, 0.3) is 5.92 Å². The van der Waals surface area contributed by atoms with Crippen molar-refractivity contribution in [2.75, 3.05) is 13.9 Å². The van der Waals surface area contributed by atoms with Gasteiger partial charge in [0.2, 0.25) is 12.7 Å². The number of halogens is 2. The first-order valence-electron chi connectivity index (χ1n) is 12.3. The van der Waals surface area contributed by atoms with Gasteiger partial charge >= 0.3 is 5.97 Å². The highest BCUT2D eigenvalue weighted by atomic mass is 19.3. The molecule has 0 spiro atoms. The number of rotatable bonds is 5. The summed E-state index contributed by atoms with van der Waals surface area (Å²) in [5.41, 5.74) is 3.09. The van der Waals surface area contributed by atoms with E-state index in [2.05, 4.69) is 5.32 Å². The van der Waals surface area contributed by atoms with Crippen molar-refractivity contribution in [2.45, 2.75) is 37.3 Å². The lowest BCUT2D eigenvalue weighted by atomic mass is 9.91. The molecule has 9 heteroatoms. The minimum absolute atomic E-state index is 0.0378. The zero-order valence-electron chi connectivity index (χ0n) is 20.7. The van der Waals surface area contributed by atoms with Crippen LogP contribution in [0.3, 0.4) is 0 Å². The van der Waals surface area contributed by atoms with Gasteiger partial charge in [0.05, 0.1) is 24.6 Å². The number of nitrogens with one attached hydrogen (secondary N) is 1. The molecule has 1 aliphatic carbocycles. The summed E-state index contributed by atoms with van der Waals surface area (Å²) < 4.78 is 51.6. The van der Waals surface area contributed by atoms with Crippen LogP contribution in [0.1, 0.15) is 57.1 Å². The first-order valence-corrected chi connectivity index (χ1v) is 12.3. The smallest absolute Gasteiger partial charge is 0.337 e. The second-order valence-corrected chi connectivity index (χ2v) is 9.80. The number of benzene rings is 3. The summed E-state index contributed by atoms with van der Waals surface area (Å²) in [6.07, 6.45) is -0.206. The Labute approximate surface area is 217 Å². The fraction of sp³-hybridized carbons (Fsp3) is 0.310. The molecule has 6 rings (SSSR count). The normalized spacial score (nSPS) is 24.1. The highest BCUT2D eigenvalue weighted by molar-refractivity contribution is 5.89. The van der Waals surface area contributed by atoms with E-state index in [1.54, 1.807) is 30.3 Å². The Kier molecular flexibility index (Phi) is 5.74. The number of carbonyl (C=O) groups is 2. The van der Waals surface area contributed by atoms with Crippen molar-refractivity contribution in [1.29, 1.82) is 0 Å². The maximum atomic E-state index is 14.9. The van der Waals surface area contributed by atoms with Gasteiger partial charge in [-0.25, -0.2) is 13.6 Å². The molecule has 2 aliphatic heterocycles. The molecule has 1 fully saturated rings. The van der Waals surface area contributed by atoms with Crippen LogP contribution < -0.4 is 19.5 Å². The molecule has 3 aromatic rings. The van der Waals surface area contributed by atoms with Crippen molar-refractivity contribution >= 4 is 11.9 Å². The summed E-state index contributed by atoms with van der Waals surface area (Å²) in [6, 6.07) is 16.6. The largest absolute Gasteiger partial charge is 0.485 e. The molecule has 0 saturated heterocycles. The fourth-order valence-electron chi connectivity index (χ4n) is 5.33. The monoisotopic (exact) mass is 521 g/mol. The van der Waals surface area contributed by atoms with E-state index in [-0.39, 0.29) is 6.79 Å². The van der Waals surface area contributed by atoms with Crippen LogP contribution in [0.15, 0.2) is 60.7 Å². The Bertz CT molecular complexity index is 1440. The van der Waals surface area contributed by atoms with Crippen molar-refractivity contribution in [3.05, 3.63) is 88.5 Å². The Balaban J connectivity index is 1.26. The molecule has 2 heterocycles. The van der Waals surface area contributed by atoms with E-state index in [4.69, 9.17) is 18.9 Å². The zero-order chi connectivity index (χ0) is 26.6. The van der Waals surface area contributed by atoms with Gasteiger partial charge in [-0.05, 0) is 53.9 Å². The van der Waals surface area contributed by atoms with E-state index in [0.29, 0.717) is 45.9 Å². The molecule has 1 amide bonds. The van der Waals surface area contributed by atoms with Gasteiger partial charge in [0, 0.05) is 12.0 Å². The van der Waals surface area contributed by atoms with Crippen LogP contribution in [0.4, 0.5) is 8.78 Å². The van der Waals surface area contributed by atoms with Gasteiger partial charge in [-0.1, -0.05) is 30.3 Å². The fourth-order valence-corrected chi connectivity index (χ4v) is 5.33. The van der Waals surface area contributed by atoms with Crippen molar-refractivity contribution in [2.24, 2.45) is 5.92 Å². The lowest BCUT2D eigenvalue weighted by Gasteiger charge is -2.33. The van der Waals surface area contributed by atoms with Crippen molar-refractivity contribution in [3.8, 4) is 17.2 Å². The molecular weight excluding hydrogens is 496 g/mol. The third-order valence-corrected chi connectivity index (χ3v) is 7.35. The Hall–Kier alpha value is -4.14. The van der Waals surface area contributed by atoms with Gasteiger partial charge in [0.15, 0.2) is 11.5 Å². The molecule has 4 atom stereocenters. The summed E-state index contributed by atoms with van der Waals surface area (Å²) in [4.78, 5) is 25.3.